The first-order valence-corrected chi connectivity index (χ1v) is 9.66. The van der Waals surface area contributed by atoms with Crippen LogP contribution in [-0.4, -0.2) is 29.1 Å². The summed E-state index contributed by atoms with van der Waals surface area (Å²) in [6.07, 6.45) is 1.54. The average Bonchev–Trinajstić information content (AvgIpc) is 3.49. The number of pyridine rings is 1. The molecular weight excluding hydrogens is 394 g/mol. The standard InChI is InChI=1S/C20H17N3O5S/c1-11-18-12(9-13(15-5-3-7-27-15)22-20(18)28-23-11)19(25)21-14(10-17(24)26-2)16-6-4-8-29-16/h3-9,14H,10H2,1-2H3,(H,21,25)/t14-/m0/s1. The van der Waals surface area contributed by atoms with E-state index < -0.39 is 12.0 Å². The third kappa shape index (κ3) is 3.77. The number of carbonyl (C=O) groups excluding carboxylic acids is 2. The van der Waals surface area contributed by atoms with Crippen LogP contribution in [0.3, 0.4) is 0 Å². The van der Waals surface area contributed by atoms with Gasteiger partial charge in [-0.3, -0.25) is 9.59 Å². The Morgan fingerprint density at radius 3 is 2.86 bits per heavy atom. The van der Waals surface area contributed by atoms with Crippen LogP contribution in [0.25, 0.3) is 22.6 Å². The lowest BCUT2D eigenvalue weighted by Gasteiger charge is -2.17. The van der Waals surface area contributed by atoms with Crippen molar-refractivity contribution in [3.05, 3.63) is 58.1 Å². The largest absolute Gasteiger partial charge is 0.469 e. The molecule has 4 heterocycles. The molecule has 0 radical (unpaired) electrons. The van der Waals surface area contributed by atoms with Gasteiger partial charge in [0, 0.05) is 4.88 Å². The van der Waals surface area contributed by atoms with Crippen LogP contribution in [0.5, 0.6) is 0 Å². The maximum Gasteiger partial charge on any atom is 0.307 e. The van der Waals surface area contributed by atoms with Gasteiger partial charge in [0.2, 0.25) is 0 Å². The molecule has 4 rings (SSSR count). The van der Waals surface area contributed by atoms with E-state index in [2.05, 4.69) is 15.5 Å². The van der Waals surface area contributed by atoms with Crippen molar-refractivity contribution in [3.63, 3.8) is 0 Å². The van der Waals surface area contributed by atoms with Gasteiger partial charge < -0.3 is 19.0 Å². The quantitative estimate of drug-likeness (QED) is 0.480. The molecule has 0 aliphatic heterocycles. The summed E-state index contributed by atoms with van der Waals surface area (Å²) in [5, 5.41) is 9.26. The number of carbonyl (C=O) groups is 2. The molecule has 0 aliphatic rings. The molecule has 0 saturated carbocycles. The van der Waals surface area contributed by atoms with Gasteiger partial charge in [-0.25, -0.2) is 4.98 Å². The van der Waals surface area contributed by atoms with Gasteiger partial charge in [0.1, 0.15) is 5.69 Å². The molecule has 0 aliphatic carbocycles. The summed E-state index contributed by atoms with van der Waals surface area (Å²) < 4.78 is 15.5. The number of furan rings is 1. The Bertz CT molecular complexity index is 1150. The highest BCUT2D eigenvalue weighted by atomic mass is 32.1. The second kappa shape index (κ2) is 7.88. The van der Waals surface area contributed by atoms with Crippen LogP contribution in [0.15, 0.2) is 50.9 Å². The Kier molecular flexibility index (Phi) is 5.13. The number of aryl methyl sites for hydroxylation is 1. The minimum atomic E-state index is -0.523. The van der Waals surface area contributed by atoms with Gasteiger partial charge in [0.05, 0.1) is 42.5 Å². The van der Waals surface area contributed by atoms with Crippen molar-refractivity contribution < 1.29 is 23.3 Å². The third-order valence-electron chi connectivity index (χ3n) is 4.43. The lowest BCUT2D eigenvalue weighted by Crippen LogP contribution is -2.30. The average molecular weight is 411 g/mol. The zero-order chi connectivity index (χ0) is 20.4. The monoisotopic (exact) mass is 411 g/mol. The van der Waals surface area contributed by atoms with Crippen LogP contribution in [0, 0.1) is 6.92 Å². The zero-order valence-corrected chi connectivity index (χ0v) is 16.5. The minimum Gasteiger partial charge on any atom is -0.469 e. The van der Waals surface area contributed by atoms with Crippen molar-refractivity contribution in [1.29, 1.82) is 0 Å². The number of thiophene rings is 1. The number of amides is 1. The molecule has 148 valence electrons. The highest BCUT2D eigenvalue weighted by molar-refractivity contribution is 7.10. The van der Waals surface area contributed by atoms with E-state index in [0.29, 0.717) is 28.1 Å². The molecular formula is C20H17N3O5S. The van der Waals surface area contributed by atoms with Crippen LogP contribution >= 0.6 is 11.3 Å². The number of aromatic nitrogens is 2. The molecule has 4 aromatic heterocycles. The Morgan fingerprint density at radius 2 is 2.17 bits per heavy atom. The molecule has 9 heteroatoms. The molecule has 8 nitrogen and oxygen atoms in total. The Hall–Kier alpha value is -3.46. The van der Waals surface area contributed by atoms with Crippen molar-refractivity contribution in [2.24, 2.45) is 0 Å². The number of hydrogen-bond acceptors (Lipinski definition) is 8. The molecule has 0 unspecified atom stereocenters. The molecule has 29 heavy (non-hydrogen) atoms. The lowest BCUT2D eigenvalue weighted by atomic mass is 10.1. The summed E-state index contributed by atoms with van der Waals surface area (Å²) in [6.45, 7) is 1.74. The highest BCUT2D eigenvalue weighted by Gasteiger charge is 2.25. The maximum atomic E-state index is 13.2. The fourth-order valence-electron chi connectivity index (χ4n) is 3.02. The van der Waals surface area contributed by atoms with Crippen molar-refractivity contribution in [1.82, 2.24) is 15.5 Å². The van der Waals surface area contributed by atoms with Gasteiger partial charge in [-0.1, -0.05) is 11.2 Å². The van der Waals surface area contributed by atoms with Crippen molar-refractivity contribution in [3.8, 4) is 11.5 Å². The smallest absolute Gasteiger partial charge is 0.307 e. The van der Waals surface area contributed by atoms with Crippen molar-refractivity contribution in [2.75, 3.05) is 7.11 Å². The second-order valence-electron chi connectivity index (χ2n) is 6.30. The minimum absolute atomic E-state index is 0.0185. The lowest BCUT2D eigenvalue weighted by molar-refractivity contribution is -0.141. The number of nitrogens with one attached hydrogen (secondary N) is 1. The summed E-state index contributed by atoms with van der Waals surface area (Å²) in [6, 6.07) is 8.30. The van der Waals surface area contributed by atoms with E-state index in [4.69, 9.17) is 13.7 Å². The van der Waals surface area contributed by atoms with Crippen LogP contribution < -0.4 is 5.32 Å². The van der Waals surface area contributed by atoms with Gasteiger partial charge in [-0.05, 0) is 36.6 Å². The molecule has 0 spiro atoms. The molecule has 0 aromatic carbocycles. The summed E-state index contributed by atoms with van der Waals surface area (Å²) in [4.78, 5) is 30.3. The number of fused-ring (bicyclic) bond motifs is 1. The van der Waals surface area contributed by atoms with Crippen LogP contribution in [0.2, 0.25) is 0 Å². The first kappa shape index (κ1) is 18.9. The van der Waals surface area contributed by atoms with Crippen LogP contribution in [0.4, 0.5) is 0 Å². The molecule has 4 aromatic rings. The summed E-state index contributed by atoms with van der Waals surface area (Å²) in [5.74, 6) is -0.292. The molecule has 1 amide bonds. The SMILES string of the molecule is COC(=O)C[C@H](NC(=O)c1cc(-c2ccco2)nc2onc(C)c12)c1cccs1. The third-order valence-corrected chi connectivity index (χ3v) is 5.41. The number of esters is 1. The van der Waals surface area contributed by atoms with Gasteiger partial charge >= 0.3 is 5.97 Å². The number of methoxy groups -OCH3 is 1. The molecule has 0 fully saturated rings. The molecule has 1 N–H and O–H groups in total. The normalized spacial score (nSPS) is 12.1. The fourth-order valence-corrected chi connectivity index (χ4v) is 3.80. The first-order valence-electron chi connectivity index (χ1n) is 8.78. The molecule has 0 bridgehead atoms. The van der Waals surface area contributed by atoms with E-state index in [1.807, 2.05) is 17.5 Å². The summed E-state index contributed by atoms with van der Waals surface area (Å²) in [7, 11) is 1.32. The van der Waals surface area contributed by atoms with Crippen LogP contribution in [0.1, 0.15) is 33.4 Å². The number of ether oxygens (including phenoxy) is 1. The van der Waals surface area contributed by atoms with Gasteiger partial charge in [0.15, 0.2) is 5.76 Å². The predicted molar refractivity (Wildman–Crippen MR) is 105 cm³/mol. The summed E-state index contributed by atoms with van der Waals surface area (Å²) >= 11 is 1.45. The number of hydrogen-bond donors (Lipinski definition) is 1. The Balaban J connectivity index is 1.73. The van der Waals surface area contributed by atoms with Gasteiger partial charge in [0.25, 0.3) is 11.6 Å². The second-order valence-corrected chi connectivity index (χ2v) is 7.28. The van der Waals surface area contributed by atoms with Gasteiger partial charge in [-0.15, -0.1) is 11.3 Å². The fraction of sp³-hybridized carbons (Fsp3) is 0.200. The van der Waals surface area contributed by atoms with Crippen molar-refractivity contribution >= 4 is 34.3 Å². The Labute approximate surface area is 169 Å². The Morgan fingerprint density at radius 1 is 1.31 bits per heavy atom. The highest BCUT2D eigenvalue weighted by Crippen LogP contribution is 2.29. The topological polar surface area (TPSA) is 107 Å². The van der Waals surface area contributed by atoms with E-state index in [1.54, 1.807) is 25.1 Å². The van der Waals surface area contributed by atoms with E-state index in [1.165, 1.54) is 24.7 Å². The first-order chi connectivity index (χ1) is 14.1. The van der Waals surface area contributed by atoms with E-state index >= 15 is 0 Å². The number of nitrogens with zero attached hydrogens (tertiary/aromatic N) is 2. The summed E-state index contributed by atoms with van der Waals surface area (Å²) in [5.41, 5.74) is 1.57. The van der Waals surface area contributed by atoms with E-state index in [9.17, 15) is 9.59 Å². The predicted octanol–water partition coefficient (Wildman–Crippen LogP) is 3.89. The molecule has 1 atom stereocenters. The number of rotatable bonds is 6. The van der Waals surface area contributed by atoms with Crippen molar-refractivity contribution in [2.45, 2.75) is 19.4 Å². The van der Waals surface area contributed by atoms with Crippen LogP contribution in [-0.2, 0) is 9.53 Å². The van der Waals surface area contributed by atoms with E-state index in [-0.39, 0.29) is 18.0 Å². The van der Waals surface area contributed by atoms with Gasteiger partial charge in [-0.2, -0.15) is 0 Å². The zero-order valence-electron chi connectivity index (χ0n) is 15.7. The van der Waals surface area contributed by atoms with E-state index in [0.717, 1.165) is 4.88 Å². The molecule has 0 saturated heterocycles. The maximum absolute atomic E-state index is 13.2.